The SMILES string of the molecule is O=C(c1cccc(C(F)(F)F)c1)N1CCN(c2ccc(OCCCN3CCCCC3)cc2)CC1. The number of halogens is 3. The summed E-state index contributed by atoms with van der Waals surface area (Å²) in [5.74, 6) is 0.486. The van der Waals surface area contributed by atoms with Gasteiger partial charge in [0.05, 0.1) is 12.2 Å². The molecule has 2 aromatic rings. The molecule has 2 saturated heterocycles. The van der Waals surface area contributed by atoms with Gasteiger partial charge in [-0.1, -0.05) is 12.5 Å². The molecule has 2 heterocycles. The molecule has 0 spiro atoms. The molecule has 5 nitrogen and oxygen atoms in total. The van der Waals surface area contributed by atoms with E-state index in [1.54, 1.807) is 4.90 Å². The van der Waals surface area contributed by atoms with Crippen molar-refractivity contribution < 1.29 is 22.7 Å². The molecule has 34 heavy (non-hydrogen) atoms. The van der Waals surface area contributed by atoms with Gasteiger partial charge in [-0.3, -0.25) is 4.79 Å². The first-order chi connectivity index (χ1) is 16.4. The molecule has 0 aliphatic carbocycles. The van der Waals surface area contributed by atoms with E-state index >= 15 is 0 Å². The van der Waals surface area contributed by atoms with Crippen LogP contribution in [0.3, 0.4) is 0 Å². The van der Waals surface area contributed by atoms with E-state index in [0.717, 1.165) is 36.5 Å². The number of likely N-dealkylation sites (tertiary alicyclic amines) is 1. The summed E-state index contributed by atoms with van der Waals surface area (Å²) in [4.78, 5) is 19.0. The van der Waals surface area contributed by atoms with Crippen molar-refractivity contribution in [2.24, 2.45) is 0 Å². The van der Waals surface area contributed by atoms with Crippen LogP contribution >= 0.6 is 0 Å². The smallest absolute Gasteiger partial charge is 0.416 e. The van der Waals surface area contributed by atoms with E-state index in [2.05, 4.69) is 9.80 Å². The second-order valence-electron chi connectivity index (χ2n) is 8.96. The second kappa shape index (κ2) is 11.1. The van der Waals surface area contributed by atoms with Crippen LogP contribution in [-0.2, 0) is 6.18 Å². The van der Waals surface area contributed by atoms with E-state index in [4.69, 9.17) is 4.74 Å². The fraction of sp³-hybridized carbons (Fsp3) is 0.500. The fourth-order valence-corrected chi connectivity index (χ4v) is 4.59. The molecule has 4 rings (SSSR count). The van der Waals surface area contributed by atoms with Crippen molar-refractivity contribution in [1.29, 1.82) is 0 Å². The van der Waals surface area contributed by atoms with Crippen molar-refractivity contribution in [1.82, 2.24) is 9.80 Å². The van der Waals surface area contributed by atoms with E-state index in [9.17, 15) is 18.0 Å². The number of carbonyl (C=O) groups is 1. The molecule has 0 saturated carbocycles. The summed E-state index contributed by atoms with van der Waals surface area (Å²) in [6.45, 7) is 6.36. The Morgan fingerprint density at radius 2 is 1.59 bits per heavy atom. The average Bonchev–Trinajstić information content (AvgIpc) is 2.87. The number of carbonyl (C=O) groups excluding carboxylic acids is 1. The van der Waals surface area contributed by atoms with Crippen molar-refractivity contribution in [2.75, 3.05) is 57.3 Å². The fourth-order valence-electron chi connectivity index (χ4n) is 4.59. The van der Waals surface area contributed by atoms with Gasteiger partial charge in [-0.2, -0.15) is 13.2 Å². The monoisotopic (exact) mass is 475 g/mol. The zero-order valence-electron chi connectivity index (χ0n) is 19.4. The van der Waals surface area contributed by atoms with Crippen molar-refractivity contribution in [2.45, 2.75) is 31.9 Å². The summed E-state index contributed by atoms with van der Waals surface area (Å²) < 4.78 is 44.8. The normalized spacial score (nSPS) is 17.6. The predicted octanol–water partition coefficient (Wildman–Crippen LogP) is 4.92. The number of anilines is 1. The van der Waals surface area contributed by atoms with Crippen LogP contribution in [0.25, 0.3) is 0 Å². The van der Waals surface area contributed by atoms with Crippen LogP contribution < -0.4 is 9.64 Å². The Morgan fingerprint density at radius 1 is 0.882 bits per heavy atom. The Morgan fingerprint density at radius 3 is 2.26 bits per heavy atom. The summed E-state index contributed by atoms with van der Waals surface area (Å²) in [6.07, 6.45) is 0.508. The van der Waals surface area contributed by atoms with Crippen LogP contribution in [0.15, 0.2) is 48.5 Å². The highest BCUT2D eigenvalue weighted by Gasteiger charge is 2.31. The summed E-state index contributed by atoms with van der Waals surface area (Å²) in [7, 11) is 0. The van der Waals surface area contributed by atoms with E-state index in [1.807, 2.05) is 24.3 Å². The molecule has 1 amide bonds. The van der Waals surface area contributed by atoms with Crippen LogP contribution in [0.2, 0.25) is 0 Å². The predicted molar refractivity (Wildman–Crippen MR) is 126 cm³/mol. The van der Waals surface area contributed by atoms with Gasteiger partial charge in [0.15, 0.2) is 0 Å². The Balaban J connectivity index is 1.23. The van der Waals surface area contributed by atoms with E-state index in [0.29, 0.717) is 32.8 Å². The quantitative estimate of drug-likeness (QED) is 0.533. The molecule has 0 aromatic heterocycles. The number of hydrogen-bond donors (Lipinski definition) is 0. The van der Waals surface area contributed by atoms with E-state index in [-0.39, 0.29) is 11.5 Å². The van der Waals surface area contributed by atoms with Crippen molar-refractivity contribution in [3.05, 3.63) is 59.7 Å². The summed E-state index contributed by atoms with van der Waals surface area (Å²) in [5.41, 5.74) is 0.322. The molecular weight excluding hydrogens is 443 g/mol. The molecule has 8 heteroatoms. The average molecular weight is 476 g/mol. The van der Waals surface area contributed by atoms with Gasteiger partial charge >= 0.3 is 6.18 Å². The third-order valence-electron chi connectivity index (χ3n) is 6.54. The third-order valence-corrected chi connectivity index (χ3v) is 6.54. The number of piperazine rings is 1. The standard InChI is InChI=1S/C26H32F3N3O2/c27-26(28,29)22-7-4-6-21(20-22)25(33)32-17-15-31(16-18-32)23-8-10-24(11-9-23)34-19-5-14-30-12-2-1-3-13-30/h4,6-11,20H,1-3,5,12-19H2. The maximum absolute atomic E-state index is 13.0. The Hall–Kier alpha value is -2.74. The summed E-state index contributed by atoms with van der Waals surface area (Å²) >= 11 is 0. The Labute approximate surface area is 199 Å². The molecule has 2 aliphatic rings. The van der Waals surface area contributed by atoms with Gasteiger partial charge in [0.1, 0.15) is 5.75 Å². The Kier molecular flexibility index (Phi) is 7.98. The highest BCUT2D eigenvalue weighted by atomic mass is 19.4. The highest BCUT2D eigenvalue weighted by Crippen LogP contribution is 2.30. The van der Waals surface area contributed by atoms with E-state index < -0.39 is 11.7 Å². The molecule has 0 radical (unpaired) electrons. The lowest BCUT2D eigenvalue weighted by Crippen LogP contribution is -2.48. The van der Waals surface area contributed by atoms with Crippen molar-refractivity contribution in [3.63, 3.8) is 0 Å². The van der Waals surface area contributed by atoms with Crippen LogP contribution in [0.4, 0.5) is 18.9 Å². The van der Waals surface area contributed by atoms with Gasteiger partial charge in [0.25, 0.3) is 5.91 Å². The summed E-state index contributed by atoms with van der Waals surface area (Å²) in [6, 6.07) is 12.6. The summed E-state index contributed by atoms with van der Waals surface area (Å²) in [5, 5.41) is 0. The van der Waals surface area contributed by atoms with Gasteiger partial charge in [0.2, 0.25) is 0 Å². The molecule has 0 bridgehead atoms. The first kappa shape index (κ1) is 24.4. The lowest BCUT2D eigenvalue weighted by atomic mass is 10.1. The zero-order chi connectivity index (χ0) is 24.0. The van der Waals surface area contributed by atoms with Crippen LogP contribution in [-0.4, -0.2) is 68.1 Å². The van der Waals surface area contributed by atoms with Gasteiger partial charge in [-0.15, -0.1) is 0 Å². The highest BCUT2D eigenvalue weighted by molar-refractivity contribution is 5.94. The molecular formula is C26H32F3N3O2. The minimum Gasteiger partial charge on any atom is -0.494 e. The maximum Gasteiger partial charge on any atom is 0.416 e. The molecule has 0 N–H and O–H groups in total. The first-order valence-electron chi connectivity index (χ1n) is 12.1. The lowest BCUT2D eigenvalue weighted by Gasteiger charge is -2.36. The van der Waals surface area contributed by atoms with Crippen molar-refractivity contribution in [3.8, 4) is 5.75 Å². The van der Waals surface area contributed by atoms with Crippen LogP contribution in [0, 0.1) is 0 Å². The molecule has 2 aromatic carbocycles. The van der Waals surface area contributed by atoms with Gasteiger partial charge in [-0.05, 0) is 74.8 Å². The number of alkyl halides is 3. The molecule has 2 fully saturated rings. The zero-order valence-corrected chi connectivity index (χ0v) is 19.4. The molecule has 184 valence electrons. The van der Waals surface area contributed by atoms with E-state index in [1.165, 1.54) is 44.5 Å². The number of rotatable bonds is 7. The molecule has 0 unspecified atom stereocenters. The Bertz CT molecular complexity index is 935. The molecule has 2 aliphatic heterocycles. The van der Waals surface area contributed by atoms with Gasteiger partial charge < -0.3 is 19.4 Å². The second-order valence-corrected chi connectivity index (χ2v) is 8.96. The molecule has 0 atom stereocenters. The maximum atomic E-state index is 13.0. The third kappa shape index (κ3) is 6.44. The lowest BCUT2D eigenvalue weighted by molar-refractivity contribution is -0.137. The number of amides is 1. The largest absolute Gasteiger partial charge is 0.494 e. The minimum absolute atomic E-state index is 0.0741. The number of ether oxygens (including phenoxy) is 1. The first-order valence-corrected chi connectivity index (χ1v) is 12.1. The number of hydrogen-bond acceptors (Lipinski definition) is 4. The topological polar surface area (TPSA) is 36.0 Å². The number of nitrogens with zero attached hydrogens (tertiary/aromatic N) is 3. The van der Waals surface area contributed by atoms with Gasteiger partial charge in [-0.25, -0.2) is 0 Å². The van der Waals surface area contributed by atoms with Crippen LogP contribution in [0.5, 0.6) is 5.75 Å². The van der Waals surface area contributed by atoms with Crippen LogP contribution in [0.1, 0.15) is 41.6 Å². The van der Waals surface area contributed by atoms with Crippen molar-refractivity contribution >= 4 is 11.6 Å². The van der Waals surface area contributed by atoms with Gasteiger partial charge in [0, 0.05) is 44.0 Å². The minimum atomic E-state index is -4.46. The number of benzene rings is 2. The number of piperidine rings is 1.